The molecule has 0 radical (unpaired) electrons. The SMILES string of the molecule is CCN(C(=O)c1ncc(Cl)cc1Cl)[C@H](C)CNC(=O)C(C)(C)C1CC1. The highest BCUT2D eigenvalue weighted by Gasteiger charge is 2.43. The summed E-state index contributed by atoms with van der Waals surface area (Å²) < 4.78 is 0. The van der Waals surface area contributed by atoms with Crippen LogP contribution in [0, 0.1) is 11.3 Å². The number of carbonyl (C=O) groups excluding carboxylic acids is 2. The minimum absolute atomic E-state index is 0.0352. The smallest absolute Gasteiger partial charge is 0.274 e. The largest absolute Gasteiger partial charge is 0.354 e. The molecule has 1 atom stereocenters. The van der Waals surface area contributed by atoms with Gasteiger partial charge in [-0.25, -0.2) is 4.98 Å². The maximum atomic E-state index is 12.7. The minimum atomic E-state index is -0.359. The first-order valence-electron chi connectivity index (χ1n) is 8.58. The lowest BCUT2D eigenvalue weighted by molar-refractivity contribution is -0.130. The van der Waals surface area contributed by atoms with Crippen LogP contribution in [0.1, 0.15) is 51.0 Å². The lowest BCUT2D eigenvalue weighted by Crippen LogP contribution is -2.48. The van der Waals surface area contributed by atoms with Crippen LogP contribution in [0.5, 0.6) is 0 Å². The van der Waals surface area contributed by atoms with E-state index in [0.717, 1.165) is 12.8 Å². The van der Waals surface area contributed by atoms with Crippen LogP contribution in [-0.4, -0.2) is 40.8 Å². The average Bonchev–Trinajstić information content (AvgIpc) is 3.38. The van der Waals surface area contributed by atoms with Crippen molar-refractivity contribution >= 4 is 35.0 Å². The fraction of sp³-hybridized carbons (Fsp3) is 0.611. The van der Waals surface area contributed by atoms with Crippen LogP contribution in [0.25, 0.3) is 0 Å². The normalized spacial score (nSPS) is 15.6. The molecule has 2 rings (SSSR count). The molecule has 25 heavy (non-hydrogen) atoms. The van der Waals surface area contributed by atoms with Gasteiger partial charge < -0.3 is 10.2 Å². The highest BCUT2D eigenvalue weighted by atomic mass is 35.5. The van der Waals surface area contributed by atoms with Gasteiger partial charge in [-0.15, -0.1) is 0 Å². The first kappa shape index (κ1) is 20.0. The summed E-state index contributed by atoms with van der Waals surface area (Å²) >= 11 is 11.9. The van der Waals surface area contributed by atoms with Crippen molar-refractivity contribution < 1.29 is 9.59 Å². The molecule has 1 saturated carbocycles. The molecule has 1 aromatic heterocycles. The highest BCUT2D eigenvalue weighted by molar-refractivity contribution is 6.36. The molecule has 5 nitrogen and oxygen atoms in total. The number of aromatic nitrogens is 1. The fourth-order valence-electron chi connectivity index (χ4n) is 2.93. The van der Waals surface area contributed by atoms with Crippen LogP contribution in [0.4, 0.5) is 0 Å². The zero-order valence-electron chi connectivity index (χ0n) is 15.1. The van der Waals surface area contributed by atoms with E-state index in [9.17, 15) is 9.59 Å². The lowest BCUT2D eigenvalue weighted by Gasteiger charge is -2.30. The van der Waals surface area contributed by atoms with E-state index >= 15 is 0 Å². The molecular weight excluding hydrogens is 361 g/mol. The van der Waals surface area contributed by atoms with Crippen LogP contribution >= 0.6 is 23.2 Å². The van der Waals surface area contributed by atoms with E-state index < -0.39 is 0 Å². The molecule has 0 spiro atoms. The van der Waals surface area contributed by atoms with Crippen molar-refractivity contribution in [3.8, 4) is 0 Å². The van der Waals surface area contributed by atoms with E-state index in [1.165, 1.54) is 12.3 Å². The quantitative estimate of drug-likeness (QED) is 0.776. The molecule has 1 fully saturated rings. The number of hydrogen-bond donors (Lipinski definition) is 1. The summed E-state index contributed by atoms with van der Waals surface area (Å²) in [4.78, 5) is 30.9. The van der Waals surface area contributed by atoms with Crippen LogP contribution in [0.3, 0.4) is 0 Å². The molecule has 0 saturated heterocycles. The number of halogens is 2. The average molecular weight is 386 g/mol. The molecule has 1 aliphatic carbocycles. The number of nitrogens with zero attached hydrogens (tertiary/aromatic N) is 2. The van der Waals surface area contributed by atoms with Gasteiger partial charge in [0.1, 0.15) is 5.69 Å². The van der Waals surface area contributed by atoms with Gasteiger partial charge in [0, 0.05) is 30.7 Å². The molecular formula is C18H25Cl2N3O2. The number of carbonyl (C=O) groups is 2. The van der Waals surface area contributed by atoms with Crippen LogP contribution < -0.4 is 5.32 Å². The molecule has 1 aromatic rings. The van der Waals surface area contributed by atoms with E-state index in [4.69, 9.17) is 23.2 Å². The van der Waals surface area contributed by atoms with Gasteiger partial charge in [0.25, 0.3) is 5.91 Å². The predicted molar refractivity (Wildman–Crippen MR) is 99.9 cm³/mol. The van der Waals surface area contributed by atoms with Crippen LogP contribution in [-0.2, 0) is 4.79 Å². The third-order valence-corrected chi connectivity index (χ3v) is 5.38. The molecule has 0 unspecified atom stereocenters. The molecule has 0 aromatic carbocycles. The Kier molecular flexibility index (Phi) is 6.33. The van der Waals surface area contributed by atoms with Crippen molar-refractivity contribution in [2.24, 2.45) is 11.3 Å². The van der Waals surface area contributed by atoms with Crippen molar-refractivity contribution in [3.63, 3.8) is 0 Å². The van der Waals surface area contributed by atoms with Crippen molar-refractivity contribution in [1.82, 2.24) is 15.2 Å². The lowest BCUT2D eigenvalue weighted by atomic mass is 9.86. The van der Waals surface area contributed by atoms with E-state index in [0.29, 0.717) is 24.0 Å². The Labute approximate surface area is 159 Å². The number of nitrogens with one attached hydrogen (secondary N) is 1. The molecule has 138 valence electrons. The Morgan fingerprint density at radius 3 is 2.56 bits per heavy atom. The summed E-state index contributed by atoms with van der Waals surface area (Å²) in [5.74, 6) is 0.226. The predicted octanol–water partition coefficient (Wildman–Crippen LogP) is 3.79. The zero-order valence-corrected chi connectivity index (χ0v) is 16.6. The summed E-state index contributed by atoms with van der Waals surface area (Å²) in [6, 6.07) is 1.33. The van der Waals surface area contributed by atoms with Gasteiger partial charge in [-0.05, 0) is 38.7 Å². The van der Waals surface area contributed by atoms with Gasteiger partial charge in [-0.2, -0.15) is 0 Å². The van der Waals surface area contributed by atoms with Crippen molar-refractivity contribution in [1.29, 1.82) is 0 Å². The number of pyridine rings is 1. The van der Waals surface area contributed by atoms with Crippen LogP contribution in [0.15, 0.2) is 12.3 Å². The molecule has 1 aliphatic rings. The van der Waals surface area contributed by atoms with E-state index in [1.54, 1.807) is 4.90 Å². The highest BCUT2D eigenvalue weighted by Crippen LogP contribution is 2.45. The fourth-order valence-corrected chi connectivity index (χ4v) is 3.39. The Morgan fingerprint density at radius 1 is 1.40 bits per heavy atom. The molecule has 7 heteroatoms. The second kappa shape index (κ2) is 7.92. The van der Waals surface area contributed by atoms with Gasteiger partial charge in [0.05, 0.1) is 10.0 Å². The van der Waals surface area contributed by atoms with E-state index in [2.05, 4.69) is 10.3 Å². The molecule has 2 amide bonds. The van der Waals surface area contributed by atoms with Gasteiger partial charge >= 0.3 is 0 Å². The third-order valence-electron chi connectivity index (χ3n) is 4.89. The van der Waals surface area contributed by atoms with Crippen molar-refractivity contribution in [3.05, 3.63) is 28.0 Å². The molecule has 0 aliphatic heterocycles. The Bertz CT molecular complexity index is 660. The Hall–Kier alpha value is -1.33. The number of likely N-dealkylation sites (N-methyl/N-ethyl adjacent to an activating group) is 1. The Morgan fingerprint density at radius 2 is 2.04 bits per heavy atom. The van der Waals surface area contributed by atoms with Gasteiger partial charge in [0.2, 0.25) is 5.91 Å². The van der Waals surface area contributed by atoms with Gasteiger partial charge in [-0.1, -0.05) is 37.0 Å². The second-order valence-corrected chi connectivity index (χ2v) is 7.97. The number of amides is 2. The molecule has 0 bridgehead atoms. The monoisotopic (exact) mass is 385 g/mol. The van der Waals surface area contributed by atoms with Crippen molar-refractivity contribution in [2.75, 3.05) is 13.1 Å². The zero-order chi connectivity index (χ0) is 18.8. The summed E-state index contributed by atoms with van der Waals surface area (Å²) in [5.41, 5.74) is -0.189. The second-order valence-electron chi connectivity index (χ2n) is 7.13. The van der Waals surface area contributed by atoms with Crippen LogP contribution in [0.2, 0.25) is 10.0 Å². The third kappa shape index (κ3) is 4.64. The summed E-state index contributed by atoms with van der Waals surface area (Å²) in [7, 11) is 0. The summed E-state index contributed by atoms with van der Waals surface area (Å²) in [6.07, 6.45) is 3.62. The van der Waals surface area contributed by atoms with Crippen molar-refractivity contribution in [2.45, 2.75) is 46.6 Å². The van der Waals surface area contributed by atoms with E-state index in [1.807, 2.05) is 27.7 Å². The van der Waals surface area contributed by atoms with Gasteiger partial charge in [-0.3, -0.25) is 9.59 Å². The topological polar surface area (TPSA) is 62.3 Å². The summed E-state index contributed by atoms with van der Waals surface area (Å²) in [5, 5.41) is 3.59. The Balaban J connectivity index is 2.01. The first-order valence-corrected chi connectivity index (χ1v) is 9.34. The minimum Gasteiger partial charge on any atom is -0.354 e. The van der Waals surface area contributed by atoms with E-state index in [-0.39, 0.29) is 34.0 Å². The maximum Gasteiger partial charge on any atom is 0.274 e. The molecule has 1 N–H and O–H groups in total. The maximum absolute atomic E-state index is 12.7. The number of hydrogen-bond acceptors (Lipinski definition) is 3. The molecule has 1 heterocycles. The first-order chi connectivity index (χ1) is 11.7. The summed E-state index contributed by atoms with van der Waals surface area (Å²) in [6.45, 7) is 8.61. The number of rotatable bonds is 7. The van der Waals surface area contributed by atoms with Gasteiger partial charge in [0.15, 0.2) is 0 Å². The standard InChI is InChI=1S/C18H25Cl2N3O2/c1-5-23(16(24)15-14(20)8-13(19)10-21-15)11(2)9-22-17(25)18(3,4)12-6-7-12/h8,10-12H,5-7,9H2,1-4H3,(H,22,25)/t11-/m1/s1.